The summed E-state index contributed by atoms with van der Waals surface area (Å²) in [5, 5.41) is 11.4. The van der Waals surface area contributed by atoms with Gasteiger partial charge >= 0.3 is 0 Å². The van der Waals surface area contributed by atoms with E-state index in [-0.39, 0.29) is 11.5 Å². The molecule has 0 bridgehead atoms. The fourth-order valence-corrected chi connectivity index (χ4v) is 3.33. The summed E-state index contributed by atoms with van der Waals surface area (Å²) in [7, 11) is 0. The Morgan fingerprint density at radius 3 is 2.90 bits per heavy atom. The predicted molar refractivity (Wildman–Crippen MR) is 75.5 cm³/mol. The smallest absolute Gasteiger partial charge is 0.222 e. The summed E-state index contributed by atoms with van der Waals surface area (Å²) in [4.78, 5) is 14.2. The summed E-state index contributed by atoms with van der Waals surface area (Å²) in [6.07, 6.45) is 5.59. The van der Waals surface area contributed by atoms with Crippen LogP contribution < -0.4 is 0 Å². The third-order valence-corrected chi connectivity index (χ3v) is 4.68. The molecule has 7 nitrogen and oxygen atoms in total. The number of tetrazole rings is 1. The Balaban J connectivity index is 1.51. The Labute approximate surface area is 124 Å². The zero-order valence-corrected chi connectivity index (χ0v) is 12.6. The summed E-state index contributed by atoms with van der Waals surface area (Å²) in [6, 6.07) is 0. The standard InChI is InChI=1S/C14H23N5O2/c1-12-15-16-17-19(12)9-3-8-18-10-7-14(5-2-11-21-14)6-4-13(18)20/h2-11H2,1H3. The minimum absolute atomic E-state index is 0.0170. The van der Waals surface area contributed by atoms with E-state index < -0.39 is 0 Å². The van der Waals surface area contributed by atoms with Gasteiger partial charge in [-0.25, -0.2) is 4.68 Å². The summed E-state index contributed by atoms with van der Waals surface area (Å²) >= 11 is 0. The highest BCUT2D eigenvalue weighted by Crippen LogP contribution is 2.35. The minimum atomic E-state index is -0.0170. The fourth-order valence-electron chi connectivity index (χ4n) is 3.33. The lowest BCUT2D eigenvalue weighted by molar-refractivity contribution is -0.130. The van der Waals surface area contributed by atoms with Crippen molar-refractivity contribution < 1.29 is 9.53 Å². The second-order valence-corrected chi connectivity index (χ2v) is 6.07. The lowest BCUT2D eigenvalue weighted by Crippen LogP contribution is -2.33. The van der Waals surface area contributed by atoms with E-state index in [1.165, 1.54) is 0 Å². The molecule has 1 aromatic heterocycles. The van der Waals surface area contributed by atoms with E-state index in [0.29, 0.717) is 6.42 Å². The van der Waals surface area contributed by atoms with Gasteiger partial charge in [0.15, 0.2) is 0 Å². The molecule has 0 radical (unpaired) electrons. The summed E-state index contributed by atoms with van der Waals surface area (Å²) in [5.74, 6) is 1.08. The van der Waals surface area contributed by atoms with E-state index in [4.69, 9.17) is 4.74 Å². The number of amides is 1. The average molecular weight is 293 g/mol. The molecule has 1 amide bonds. The number of hydrogen-bond acceptors (Lipinski definition) is 5. The molecule has 0 N–H and O–H groups in total. The third kappa shape index (κ3) is 3.23. The number of carbonyl (C=O) groups excluding carboxylic acids is 1. The summed E-state index contributed by atoms with van der Waals surface area (Å²) < 4.78 is 7.71. The molecule has 0 aliphatic carbocycles. The predicted octanol–water partition coefficient (Wildman–Crippen LogP) is 0.933. The van der Waals surface area contributed by atoms with E-state index >= 15 is 0 Å². The molecule has 2 aliphatic rings. The van der Waals surface area contributed by atoms with Gasteiger partial charge in [-0.05, 0) is 49.5 Å². The number of rotatable bonds is 4. The van der Waals surface area contributed by atoms with Gasteiger partial charge in [0.05, 0.1) is 5.60 Å². The SMILES string of the molecule is Cc1nnnn1CCCN1CCC2(CCCO2)CCC1=O. The van der Waals surface area contributed by atoms with E-state index in [9.17, 15) is 4.79 Å². The number of ether oxygens (including phenoxy) is 1. The molecule has 0 aromatic carbocycles. The van der Waals surface area contributed by atoms with E-state index in [2.05, 4.69) is 15.5 Å². The molecule has 1 atom stereocenters. The highest BCUT2D eigenvalue weighted by Gasteiger charge is 2.38. The maximum Gasteiger partial charge on any atom is 0.222 e. The quantitative estimate of drug-likeness (QED) is 0.826. The van der Waals surface area contributed by atoms with Crippen LogP contribution in [0.1, 0.15) is 44.3 Å². The van der Waals surface area contributed by atoms with Crippen molar-refractivity contribution in [2.24, 2.45) is 0 Å². The van der Waals surface area contributed by atoms with Crippen LogP contribution in [0.5, 0.6) is 0 Å². The molecule has 1 unspecified atom stereocenters. The zero-order valence-electron chi connectivity index (χ0n) is 12.6. The van der Waals surface area contributed by atoms with Crippen LogP contribution in [-0.2, 0) is 16.1 Å². The molecule has 3 heterocycles. The van der Waals surface area contributed by atoms with Crippen molar-refractivity contribution in [3.63, 3.8) is 0 Å². The van der Waals surface area contributed by atoms with Crippen molar-refractivity contribution in [2.75, 3.05) is 19.7 Å². The van der Waals surface area contributed by atoms with Crippen LogP contribution in [0.2, 0.25) is 0 Å². The molecular weight excluding hydrogens is 270 g/mol. The highest BCUT2D eigenvalue weighted by atomic mass is 16.5. The third-order valence-electron chi connectivity index (χ3n) is 4.68. The van der Waals surface area contributed by atoms with Crippen molar-refractivity contribution >= 4 is 5.91 Å². The summed E-state index contributed by atoms with van der Waals surface area (Å²) in [5.41, 5.74) is -0.0170. The van der Waals surface area contributed by atoms with Gasteiger partial charge in [-0.15, -0.1) is 5.10 Å². The van der Waals surface area contributed by atoms with Crippen molar-refractivity contribution in [3.05, 3.63) is 5.82 Å². The Kier molecular flexibility index (Phi) is 4.19. The molecule has 1 spiro atoms. The molecular formula is C14H23N5O2. The van der Waals surface area contributed by atoms with Crippen LogP contribution in [0, 0.1) is 6.92 Å². The fraction of sp³-hybridized carbons (Fsp3) is 0.857. The van der Waals surface area contributed by atoms with Crippen LogP contribution in [-0.4, -0.2) is 56.3 Å². The molecule has 2 fully saturated rings. The Hall–Kier alpha value is -1.50. The van der Waals surface area contributed by atoms with Crippen LogP contribution in [0.15, 0.2) is 0 Å². The Morgan fingerprint density at radius 1 is 1.29 bits per heavy atom. The molecule has 7 heteroatoms. The number of hydrogen-bond donors (Lipinski definition) is 0. The van der Waals surface area contributed by atoms with Gasteiger partial charge in [0, 0.05) is 32.7 Å². The largest absolute Gasteiger partial charge is 0.375 e. The first-order valence-electron chi connectivity index (χ1n) is 7.83. The van der Waals surface area contributed by atoms with Crippen LogP contribution in [0.25, 0.3) is 0 Å². The first-order valence-corrected chi connectivity index (χ1v) is 7.83. The second-order valence-electron chi connectivity index (χ2n) is 6.07. The van der Waals surface area contributed by atoms with Gasteiger partial charge in [-0.2, -0.15) is 0 Å². The van der Waals surface area contributed by atoms with Gasteiger partial charge in [-0.1, -0.05) is 0 Å². The first kappa shape index (κ1) is 14.4. The lowest BCUT2D eigenvalue weighted by Gasteiger charge is -2.26. The highest BCUT2D eigenvalue weighted by molar-refractivity contribution is 5.76. The number of nitrogens with zero attached hydrogens (tertiary/aromatic N) is 5. The number of likely N-dealkylation sites (tertiary alicyclic amines) is 1. The van der Waals surface area contributed by atoms with Crippen LogP contribution >= 0.6 is 0 Å². The molecule has 21 heavy (non-hydrogen) atoms. The molecule has 2 saturated heterocycles. The van der Waals surface area contributed by atoms with Gasteiger partial charge < -0.3 is 9.64 Å². The van der Waals surface area contributed by atoms with Crippen molar-refractivity contribution in [2.45, 2.75) is 57.6 Å². The first-order chi connectivity index (χ1) is 10.2. The molecule has 1 aromatic rings. The van der Waals surface area contributed by atoms with Crippen molar-refractivity contribution in [1.82, 2.24) is 25.1 Å². The zero-order chi connectivity index (χ0) is 14.7. The normalized spacial score (nSPS) is 26.5. The van der Waals surface area contributed by atoms with Crippen molar-refractivity contribution in [3.8, 4) is 0 Å². The maximum atomic E-state index is 12.2. The van der Waals surface area contributed by atoms with Gasteiger partial charge in [0.25, 0.3) is 0 Å². The number of aromatic nitrogens is 4. The molecule has 2 aliphatic heterocycles. The number of aryl methyl sites for hydroxylation is 2. The summed E-state index contributed by atoms with van der Waals surface area (Å²) in [6.45, 7) is 5.08. The van der Waals surface area contributed by atoms with E-state index in [0.717, 1.165) is 64.2 Å². The lowest BCUT2D eigenvalue weighted by atomic mass is 9.92. The van der Waals surface area contributed by atoms with Crippen molar-refractivity contribution in [1.29, 1.82) is 0 Å². The maximum absolute atomic E-state index is 12.2. The minimum Gasteiger partial charge on any atom is -0.375 e. The van der Waals surface area contributed by atoms with E-state index in [1.807, 2.05) is 11.8 Å². The Morgan fingerprint density at radius 2 is 2.19 bits per heavy atom. The van der Waals surface area contributed by atoms with Crippen LogP contribution in [0.4, 0.5) is 0 Å². The molecule has 3 rings (SSSR count). The van der Waals surface area contributed by atoms with E-state index in [1.54, 1.807) is 4.68 Å². The Bertz CT molecular complexity index is 495. The molecule has 0 saturated carbocycles. The average Bonchev–Trinajstić information content (AvgIpc) is 3.06. The topological polar surface area (TPSA) is 73.1 Å². The van der Waals surface area contributed by atoms with Crippen LogP contribution in [0.3, 0.4) is 0 Å². The van der Waals surface area contributed by atoms with Gasteiger partial charge in [0.2, 0.25) is 5.91 Å². The van der Waals surface area contributed by atoms with Gasteiger partial charge in [0.1, 0.15) is 5.82 Å². The number of carbonyl (C=O) groups is 1. The second kappa shape index (κ2) is 6.09. The van der Waals surface area contributed by atoms with Gasteiger partial charge in [-0.3, -0.25) is 4.79 Å². The molecule has 116 valence electrons. The monoisotopic (exact) mass is 293 g/mol.